The molecule has 0 atom stereocenters. The van der Waals surface area contributed by atoms with Crippen molar-refractivity contribution in [1.29, 1.82) is 0 Å². The Balaban J connectivity index is 0.00000121. The van der Waals surface area contributed by atoms with Gasteiger partial charge >= 0.3 is 29.6 Å². The van der Waals surface area contributed by atoms with E-state index in [1.54, 1.807) is 19.1 Å². The summed E-state index contributed by atoms with van der Waals surface area (Å²) in [4.78, 5) is 10.4. The molecule has 1 aromatic rings. The van der Waals surface area contributed by atoms with Crippen molar-refractivity contribution in [3.8, 4) is 0 Å². The Morgan fingerprint density at radius 2 is 2.08 bits per heavy atom. The van der Waals surface area contributed by atoms with Gasteiger partial charge in [0, 0.05) is 11.3 Å². The minimum absolute atomic E-state index is 0. The number of aryl methyl sites for hydroxylation is 1. The second kappa shape index (κ2) is 4.50. The van der Waals surface area contributed by atoms with Crippen LogP contribution < -0.4 is 40.4 Å². The molecule has 0 spiro atoms. The fourth-order valence-electron chi connectivity index (χ4n) is 0.859. The van der Waals surface area contributed by atoms with Gasteiger partial charge in [0.2, 0.25) is 0 Å². The Labute approximate surface area is 92.9 Å². The zero-order chi connectivity index (χ0) is 8.43. The van der Waals surface area contributed by atoms with Gasteiger partial charge in [0.25, 0.3) is 0 Å². The van der Waals surface area contributed by atoms with Gasteiger partial charge in [0.15, 0.2) is 0 Å². The van der Waals surface area contributed by atoms with E-state index in [0.717, 1.165) is 5.56 Å². The Morgan fingerprint density at radius 3 is 2.50 bits per heavy atom. The summed E-state index contributed by atoms with van der Waals surface area (Å²) in [6.07, 6.45) is 0. The number of rotatable bonds is 1. The number of para-hydroxylation sites is 1. The first kappa shape index (κ1) is 11.5. The molecule has 3 nitrogen and oxygen atoms in total. The summed E-state index contributed by atoms with van der Waals surface area (Å²) < 4.78 is 0. The van der Waals surface area contributed by atoms with Crippen LogP contribution in [-0.2, 0) is 0 Å². The molecule has 4 heteroatoms. The first-order valence-corrected chi connectivity index (χ1v) is 3.19. The third kappa shape index (κ3) is 2.24. The molecule has 2 N–H and O–H groups in total. The van der Waals surface area contributed by atoms with Crippen molar-refractivity contribution >= 4 is 11.7 Å². The van der Waals surface area contributed by atoms with Crippen LogP contribution in [0.5, 0.6) is 0 Å². The largest absolute Gasteiger partial charge is 1.00 e. The molecule has 0 radical (unpaired) electrons. The van der Waals surface area contributed by atoms with Crippen molar-refractivity contribution < 1.29 is 39.5 Å². The molecule has 0 aliphatic heterocycles. The van der Waals surface area contributed by atoms with Gasteiger partial charge in [-0.15, -0.1) is 0 Å². The molecule has 0 aromatic heterocycles. The molecule has 0 aliphatic rings. The molecule has 58 valence electrons. The summed E-state index contributed by atoms with van der Waals surface area (Å²) in [5.41, 5.74) is 6.56. The number of carbonyl (C=O) groups excluding carboxylic acids is 1. The Hall–Kier alpha value is -0.510. The molecule has 0 bridgehead atoms. The van der Waals surface area contributed by atoms with E-state index >= 15 is 0 Å². The van der Waals surface area contributed by atoms with Crippen molar-refractivity contribution in [3.05, 3.63) is 29.3 Å². The zero-order valence-electron chi connectivity index (χ0n) is 7.13. The van der Waals surface area contributed by atoms with Crippen LogP contribution in [0, 0.1) is 6.92 Å². The summed E-state index contributed by atoms with van der Waals surface area (Å²) >= 11 is 0. The Bertz CT molecular complexity index is 299. The van der Waals surface area contributed by atoms with Gasteiger partial charge < -0.3 is 15.6 Å². The van der Waals surface area contributed by atoms with Gasteiger partial charge in [-0.25, -0.2) is 0 Å². The van der Waals surface area contributed by atoms with Gasteiger partial charge in [-0.2, -0.15) is 0 Å². The van der Waals surface area contributed by atoms with Crippen molar-refractivity contribution in [3.63, 3.8) is 0 Å². The predicted octanol–water partition coefficient (Wildman–Crippen LogP) is -3.06. The van der Waals surface area contributed by atoms with E-state index in [9.17, 15) is 9.90 Å². The quantitative estimate of drug-likeness (QED) is 0.362. The summed E-state index contributed by atoms with van der Waals surface area (Å²) in [6.45, 7) is 1.75. The van der Waals surface area contributed by atoms with Gasteiger partial charge in [0.05, 0.1) is 5.97 Å². The molecule has 0 amide bonds. The molecule has 0 saturated heterocycles. The van der Waals surface area contributed by atoms with E-state index in [-0.39, 0.29) is 40.8 Å². The first-order chi connectivity index (χ1) is 5.13. The third-order valence-corrected chi connectivity index (χ3v) is 1.54. The molecule has 0 unspecified atom stereocenters. The number of hydrogen-bond donors (Lipinski definition) is 1. The smallest absolute Gasteiger partial charge is 0.545 e. The normalized spacial score (nSPS) is 8.75. The average Bonchev–Trinajstić information content (AvgIpc) is 1.94. The van der Waals surface area contributed by atoms with Crippen LogP contribution in [0.4, 0.5) is 5.69 Å². The first-order valence-electron chi connectivity index (χ1n) is 3.19. The summed E-state index contributed by atoms with van der Waals surface area (Å²) in [7, 11) is 0. The van der Waals surface area contributed by atoms with Crippen LogP contribution >= 0.6 is 0 Å². The number of benzene rings is 1. The molecule has 0 aliphatic carbocycles. The zero-order valence-corrected chi connectivity index (χ0v) is 9.13. The molecule has 1 rings (SSSR count). The number of hydrogen-bond acceptors (Lipinski definition) is 3. The average molecular weight is 173 g/mol. The van der Waals surface area contributed by atoms with E-state index in [4.69, 9.17) is 5.73 Å². The maximum absolute atomic E-state index is 10.4. The third-order valence-electron chi connectivity index (χ3n) is 1.54. The second-order valence-corrected chi connectivity index (χ2v) is 2.32. The number of aromatic carboxylic acids is 1. The van der Waals surface area contributed by atoms with Crippen molar-refractivity contribution in [2.45, 2.75) is 6.92 Å². The predicted molar refractivity (Wildman–Crippen MR) is 39.9 cm³/mol. The Kier molecular flexibility index (Phi) is 4.31. The summed E-state index contributed by atoms with van der Waals surface area (Å²) in [6, 6.07) is 4.82. The number of carbonyl (C=O) groups is 1. The van der Waals surface area contributed by atoms with Crippen molar-refractivity contribution in [2.75, 3.05) is 5.73 Å². The van der Waals surface area contributed by atoms with Crippen LogP contribution in [0.1, 0.15) is 15.9 Å². The van der Waals surface area contributed by atoms with Crippen LogP contribution in [0.2, 0.25) is 0 Å². The van der Waals surface area contributed by atoms with Gasteiger partial charge in [-0.05, 0) is 12.5 Å². The molecule has 0 saturated carbocycles. The fourth-order valence-corrected chi connectivity index (χ4v) is 0.859. The van der Waals surface area contributed by atoms with Gasteiger partial charge in [-0.3, -0.25) is 0 Å². The minimum Gasteiger partial charge on any atom is -0.545 e. The van der Waals surface area contributed by atoms with E-state index < -0.39 is 5.97 Å². The van der Waals surface area contributed by atoms with E-state index in [0.29, 0.717) is 0 Å². The SMILES string of the molecule is Cc1cccc(C(=O)[O-])c1N.[Na+]. The minimum atomic E-state index is -1.23. The van der Waals surface area contributed by atoms with Gasteiger partial charge in [-0.1, -0.05) is 18.2 Å². The van der Waals surface area contributed by atoms with E-state index in [2.05, 4.69) is 0 Å². The topological polar surface area (TPSA) is 66.1 Å². The molecule has 12 heavy (non-hydrogen) atoms. The van der Waals surface area contributed by atoms with Crippen LogP contribution in [0.25, 0.3) is 0 Å². The maximum Gasteiger partial charge on any atom is 1.00 e. The van der Waals surface area contributed by atoms with E-state index in [1.807, 2.05) is 0 Å². The molecule has 0 fully saturated rings. The fraction of sp³-hybridized carbons (Fsp3) is 0.125. The molecule has 1 aromatic carbocycles. The molecular weight excluding hydrogens is 165 g/mol. The van der Waals surface area contributed by atoms with Gasteiger partial charge in [0.1, 0.15) is 0 Å². The van der Waals surface area contributed by atoms with Crippen LogP contribution in [0.3, 0.4) is 0 Å². The number of carboxylic acid groups (broad SMARTS) is 1. The maximum atomic E-state index is 10.4. The summed E-state index contributed by atoms with van der Waals surface area (Å²) in [5.74, 6) is -1.23. The summed E-state index contributed by atoms with van der Waals surface area (Å²) in [5, 5.41) is 10.4. The van der Waals surface area contributed by atoms with E-state index in [1.165, 1.54) is 6.07 Å². The van der Waals surface area contributed by atoms with Crippen LogP contribution in [-0.4, -0.2) is 5.97 Å². The van der Waals surface area contributed by atoms with Crippen molar-refractivity contribution in [2.24, 2.45) is 0 Å². The number of anilines is 1. The molecule has 0 heterocycles. The number of nitrogen functional groups attached to an aromatic ring is 1. The Morgan fingerprint density at radius 1 is 1.50 bits per heavy atom. The van der Waals surface area contributed by atoms with Crippen LogP contribution in [0.15, 0.2) is 18.2 Å². The molecular formula is C8H8NNaO2. The number of nitrogens with two attached hydrogens (primary N) is 1. The van der Waals surface area contributed by atoms with Crippen molar-refractivity contribution in [1.82, 2.24) is 0 Å². The second-order valence-electron chi connectivity index (χ2n) is 2.32. The number of carboxylic acids is 1. The standard InChI is InChI=1S/C8H9NO2.Na/c1-5-3-2-4-6(7(5)9)8(10)11;/h2-4H,9H2,1H3,(H,10,11);/q;+1/p-1. The monoisotopic (exact) mass is 173 g/mol.